The van der Waals surface area contributed by atoms with Crippen molar-refractivity contribution in [1.82, 2.24) is 4.98 Å². The Balaban J connectivity index is 1.96. The highest BCUT2D eigenvalue weighted by Crippen LogP contribution is 2.30. The van der Waals surface area contributed by atoms with Gasteiger partial charge in [0.2, 0.25) is 0 Å². The smallest absolute Gasteiger partial charge is 0.269 e. The van der Waals surface area contributed by atoms with Gasteiger partial charge in [0.1, 0.15) is 0 Å². The second kappa shape index (κ2) is 5.57. The molecule has 0 amide bonds. The van der Waals surface area contributed by atoms with E-state index in [9.17, 15) is 10.1 Å². The molecular formula is C15H11N5O2. The van der Waals surface area contributed by atoms with Crippen LogP contribution in [-0.2, 0) is 0 Å². The van der Waals surface area contributed by atoms with Crippen LogP contribution in [0.1, 0.15) is 0 Å². The Hall–Kier alpha value is -3.35. The first-order valence-corrected chi connectivity index (χ1v) is 6.44. The van der Waals surface area contributed by atoms with E-state index in [-0.39, 0.29) is 5.69 Å². The number of nitrogen functional groups attached to an aromatic ring is 1. The molecule has 108 valence electrons. The molecule has 0 saturated heterocycles. The first-order valence-electron chi connectivity index (χ1n) is 6.44. The minimum atomic E-state index is -0.458. The third-order valence-corrected chi connectivity index (χ3v) is 3.11. The summed E-state index contributed by atoms with van der Waals surface area (Å²) in [6.07, 6.45) is 1.66. The zero-order chi connectivity index (χ0) is 15.5. The molecule has 0 saturated carbocycles. The Labute approximate surface area is 125 Å². The number of hydrogen-bond acceptors (Lipinski definition) is 6. The van der Waals surface area contributed by atoms with Crippen molar-refractivity contribution in [3.8, 4) is 0 Å². The number of azo groups is 1. The van der Waals surface area contributed by atoms with Crippen molar-refractivity contribution in [2.75, 3.05) is 5.73 Å². The predicted octanol–water partition coefficient (Wildman–Crippen LogP) is 4.14. The van der Waals surface area contributed by atoms with E-state index in [1.807, 2.05) is 6.07 Å². The highest BCUT2D eigenvalue weighted by atomic mass is 16.6. The van der Waals surface area contributed by atoms with Crippen LogP contribution in [0, 0.1) is 10.1 Å². The van der Waals surface area contributed by atoms with Crippen LogP contribution in [0.5, 0.6) is 0 Å². The molecule has 0 fully saturated rings. The third kappa shape index (κ3) is 2.59. The minimum absolute atomic E-state index is 0.0149. The lowest BCUT2D eigenvalue weighted by atomic mass is 10.1. The summed E-state index contributed by atoms with van der Waals surface area (Å²) in [6.45, 7) is 0. The maximum absolute atomic E-state index is 10.6. The Morgan fingerprint density at radius 1 is 1.05 bits per heavy atom. The summed E-state index contributed by atoms with van der Waals surface area (Å²) in [5.74, 6) is 0. The van der Waals surface area contributed by atoms with E-state index in [4.69, 9.17) is 5.73 Å². The summed E-state index contributed by atoms with van der Waals surface area (Å²) in [6, 6.07) is 13.0. The van der Waals surface area contributed by atoms with Crippen molar-refractivity contribution < 1.29 is 4.92 Å². The summed E-state index contributed by atoms with van der Waals surface area (Å²) >= 11 is 0. The van der Waals surface area contributed by atoms with Gasteiger partial charge in [0.15, 0.2) is 0 Å². The lowest BCUT2D eigenvalue weighted by Gasteiger charge is -2.03. The number of rotatable bonds is 3. The normalized spacial score (nSPS) is 11.1. The zero-order valence-corrected chi connectivity index (χ0v) is 11.4. The van der Waals surface area contributed by atoms with Crippen LogP contribution >= 0.6 is 0 Å². The molecule has 1 aromatic heterocycles. The van der Waals surface area contributed by atoms with Crippen molar-refractivity contribution in [2.45, 2.75) is 0 Å². The highest BCUT2D eigenvalue weighted by Gasteiger charge is 2.05. The summed E-state index contributed by atoms with van der Waals surface area (Å²) in [7, 11) is 0. The van der Waals surface area contributed by atoms with Crippen molar-refractivity contribution in [3.63, 3.8) is 0 Å². The van der Waals surface area contributed by atoms with E-state index in [0.717, 1.165) is 5.39 Å². The minimum Gasteiger partial charge on any atom is -0.397 e. The van der Waals surface area contributed by atoms with Gasteiger partial charge >= 0.3 is 0 Å². The molecule has 22 heavy (non-hydrogen) atoms. The number of nitrogens with two attached hydrogens (primary N) is 1. The highest BCUT2D eigenvalue weighted by molar-refractivity contribution is 5.97. The summed E-state index contributed by atoms with van der Waals surface area (Å²) < 4.78 is 0. The number of anilines is 1. The molecule has 7 heteroatoms. The monoisotopic (exact) mass is 293 g/mol. The molecule has 0 spiro atoms. The second-order valence-corrected chi connectivity index (χ2v) is 4.55. The molecule has 0 bridgehead atoms. The molecule has 3 aromatic rings. The number of benzene rings is 2. The molecule has 0 aliphatic carbocycles. The van der Waals surface area contributed by atoms with E-state index in [1.54, 1.807) is 36.5 Å². The molecule has 1 heterocycles. The molecule has 2 aromatic carbocycles. The third-order valence-electron chi connectivity index (χ3n) is 3.11. The Morgan fingerprint density at radius 2 is 1.82 bits per heavy atom. The first-order chi connectivity index (χ1) is 10.6. The molecule has 0 atom stereocenters. The second-order valence-electron chi connectivity index (χ2n) is 4.55. The van der Waals surface area contributed by atoms with E-state index < -0.39 is 4.92 Å². The van der Waals surface area contributed by atoms with Crippen molar-refractivity contribution in [3.05, 3.63) is 64.8 Å². The fourth-order valence-corrected chi connectivity index (χ4v) is 2.02. The molecule has 0 aliphatic rings. The molecule has 0 aliphatic heterocycles. The number of pyridine rings is 1. The van der Waals surface area contributed by atoms with Gasteiger partial charge in [0.05, 0.1) is 27.5 Å². The zero-order valence-electron chi connectivity index (χ0n) is 11.4. The van der Waals surface area contributed by atoms with Crippen LogP contribution in [0.2, 0.25) is 0 Å². The van der Waals surface area contributed by atoms with Gasteiger partial charge in [0, 0.05) is 23.7 Å². The average molecular weight is 293 g/mol. The van der Waals surface area contributed by atoms with Gasteiger partial charge in [-0.1, -0.05) is 0 Å². The van der Waals surface area contributed by atoms with Crippen LogP contribution in [0.15, 0.2) is 65.0 Å². The number of hydrogen-bond donors (Lipinski definition) is 1. The molecule has 0 unspecified atom stereocenters. The van der Waals surface area contributed by atoms with Gasteiger partial charge in [0.25, 0.3) is 5.69 Å². The van der Waals surface area contributed by atoms with E-state index in [0.29, 0.717) is 22.6 Å². The van der Waals surface area contributed by atoms with Crippen molar-refractivity contribution >= 4 is 33.7 Å². The maximum Gasteiger partial charge on any atom is 0.269 e. The van der Waals surface area contributed by atoms with Crippen molar-refractivity contribution in [1.29, 1.82) is 0 Å². The number of nitrogens with zero attached hydrogens (tertiary/aromatic N) is 4. The Morgan fingerprint density at radius 3 is 2.55 bits per heavy atom. The van der Waals surface area contributed by atoms with Gasteiger partial charge in [-0.2, -0.15) is 5.11 Å². The lowest BCUT2D eigenvalue weighted by Crippen LogP contribution is -1.88. The lowest BCUT2D eigenvalue weighted by molar-refractivity contribution is -0.384. The predicted molar refractivity (Wildman–Crippen MR) is 83.4 cm³/mol. The van der Waals surface area contributed by atoms with E-state index in [2.05, 4.69) is 15.2 Å². The topological polar surface area (TPSA) is 107 Å². The summed E-state index contributed by atoms with van der Waals surface area (Å²) in [5.41, 5.74) is 8.30. The van der Waals surface area contributed by atoms with Crippen LogP contribution in [0.4, 0.5) is 22.7 Å². The fraction of sp³-hybridized carbons (Fsp3) is 0. The number of aromatic nitrogens is 1. The quantitative estimate of drug-likeness (QED) is 0.339. The largest absolute Gasteiger partial charge is 0.397 e. The van der Waals surface area contributed by atoms with Gasteiger partial charge in [-0.25, -0.2) is 0 Å². The Kier molecular flexibility index (Phi) is 3.45. The molecular weight excluding hydrogens is 282 g/mol. The summed E-state index contributed by atoms with van der Waals surface area (Å²) in [4.78, 5) is 14.4. The standard InChI is InChI=1S/C15H11N5O2/c16-13-7-8-14(12-2-1-9-17-15(12)13)19-18-10-3-5-11(6-4-10)20(21)22/h1-9H,16H2. The van der Waals surface area contributed by atoms with Crippen LogP contribution in [0.3, 0.4) is 0 Å². The number of fused-ring (bicyclic) bond motifs is 1. The summed E-state index contributed by atoms with van der Waals surface area (Å²) in [5, 5.41) is 19.7. The van der Waals surface area contributed by atoms with Gasteiger partial charge < -0.3 is 5.73 Å². The number of nitro benzene ring substituents is 1. The van der Waals surface area contributed by atoms with Gasteiger partial charge in [-0.05, 0) is 36.4 Å². The Bertz CT molecular complexity index is 875. The molecule has 3 rings (SSSR count). The first kappa shape index (κ1) is 13.6. The van der Waals surface area contributed by atoms with Crippen LogP contribution in [0.25, 0.3) is 10.9 Å². The fourth-order valence-electron chi connectivity index (χ4n) is 2.02. The number of nitro groups is 1. The average Bonchev–Trinajstić information content (AvgIpc) is 2.55. The van der Waals surface area contributed by atoms with E-state index >= 15 is 0 Å². The van der Waals surface area contributed by atoms with Gasteiger partial charge in [-0.3, -0.25) is 15.1 Å². The molecule has 2 N–H and O–H groups in total. The van der Waals surface area contributed by atoms with Gasteiger partial charge in [-0.15, -0.1) is 5.11 Å². The maximum atomic E-state index is 10.6. The van der Waals surface area contributed by atoms with Crippen LogP contribution < -0.4 is 5.73 Å². The molecule has 0 radical (unpaired) electrons. The van der Waals surface area contributed by atoms with Crippen molar-refractivity contribution in [2.24, 2.45) is 10.2 Å². The number of non-ortho nitro benzene ring substituents is 1. The molecule has 7 nitrogen and oxygen atoms in total. The SMILES string of the molecule is Nc1ccc(N=Nc2ccc([N+](=O)[O-])cc2)c2cccnc12. The van der Waals surface area contributed by atoms with E-state index in [1.165, 1.54) is 12.1 Å². The van der Waals surface area contributed by atoms with Crippen LogP contribution in [-0.4, -0.2) is 9.91 Å².